The minimum atomic E-state index is -2.51. The number of carbonyl (C=O) groups is 2. The minimum Gasteiger partial charge on any atom is -0.365 e. The molecule has 0 amide bonds. The molecule has 0 saturated carbocycles. The minimum absolute atomic E-state index is 0.00383. The summed E-state index contributed by atoms with van der Waals surface area (Å²) in [6.07, 6.45) is 1.20. The number of rotatable bonds is 17. The molecule has 0 heterocycles. The Balaban J connectivity index is 0.000000377. The van der Waals surface area contributed by atoms with Crippen molar-refractivity contribution in [3.8, 4) is 0 Å². The molecule has 0 aliphatic carbocycles. The first-order valence-corrected chi connectivity index (χ1v) is 23.7. The zero-order valence-electron chi connectivity index (χ0n) is 21.1. The lowest BCUT2D eigenvalue weighted by Crippen LogP contribution is -2.42. The molecule has 37 heavy (non-hydrogen) atoms. The predicted octanol–water partition coefficient (Wildman–Crippen LogP) is 9.96. The van der Waals surface area contributed by atoms with Crippen molar-refractivity contribution in [2.24, 2.45) is 0 Å². The molecular formula is C23H32O5S8Si. The SMILES string of the molecule is CCCSSSS[Si](OCC)(OCC)OCC.O=C(SSSSC(=O)c1ccccc1)c1ccccc1. The van der Waals surface area contributed by atoms with Crippen LogP contribution in [0.15, 0.2) is 60.7 Å². The van der Waals surface area contributed by atoms with Crippen LogP contribution in [0, 0.1) is 0 Å². The van der Waals surface area contributed by atoms with E-state index in [-0.39, 0.29) is 10.2 Å². The van der Waals surface area contributed by atoms with Crippen molar-refractivity contribution in [1.29, 1.82) is 0 Å². The predicted molar refractivity (Wildman–Crippen MR) is 178 cm³/mol. The molecular weight excluding hydrogens is 641 g/mol. The van der Waals surface area contributed by atoms with Crippen molar-refractivity contribution in [2.45, 2.75) is 34.1 Å². The Hall–Kier alpha value is 0.677. The Labute approximate surface area is 252 Å². The van der Waals surface area contributed by atoms with E-state index >= 15 is 0 Å². The van der Waals surface area contributed by atoms with E-state index in [2.05, 4.69) is 6.92 Å². The first-order valence-electron chi connectivity index (χ1n) is 11.4. The third-order valence-electron chi connectivity index (χ3n) is 3.73. The van der Waals surface area contributed by atoms with Crippen molar-refractivity contribution in [1.82, 2.24) is 0 Å². The largest absolute Gasteiger partial charge is 0.585 e. The van der Waals surface area contributed by atoms with E-state index in [0.29, 0.717) is 30.9 Å². The van der Waals surface area contributed by atoms with E-state index in [9.17, 15) is 9.59 Å². The van der Waals surface area contributed by atoms with Gasteiger partial charge in [0.25, 0.3) is 0 Å². The van der Waals surface area contributed by atoms with Crippen molar-refractivity contribution < 1.29 is 22.9 Å². The molecule has 0 fully saturated rings. The van der Waals surface area contributed by atoms with E-state index < -0.39 is 7.95 Å². The molecule has 2 rings (SSSR count). The molecule has 2 aromatic rings. The number of carbonyl (C=O) groups excluding carboxylic acids is 2. The van der Waals surface area contributed by atoms with Crippen molar-refractivity contribution in [2.75, 3.05) is 25.6 Å². The summed E-state index contributed by atoms with van der Waals surface area (Å²) in [7, 11) is 9.33. The zero-order chi connectivity index (χ0) is 27.2. The standard InChI is InChI=1S/C14H10O2S4.C9H22O3S4Si/c15-13(11-7-3-1-4-8-11)17-19-20-18-14(16)12-9-5-2-6-10-12;1-5-9-13-14-15-16-17(10-6-2,11-7-3)12-8-4/h1-10H;5-9H2,1-4H3. The number of hydrogen-bond donors (Lipinski definition) is 0. The topological polar surface area (TPSA) is 61.8 Å². The van der Waals surface area contributed by atoms with Gasteiger partial charge in [0.05, 0.1) is 0 Å². The summed E-state index contributed by atoms with van der Waals surface area (Å²) in [5.74, 6) is 1.17. The zero-order valence-corrected chi connectivity index (χ0v) is 28.6. The van der Waals surface area contributed by atoms with Gasteiger partial charge in [-0.1, -0.05) is 78.4 Å². The van der Waals surface area contributed by atoms with Crippen LogP contribution in [0.5, 0.6) is 0 Å². The Morgan fingerprint density at radius 1 is 0.649 bits per heavy atom. The number of hydrogen-bond acceptors (Lipinski definition) is 13. The molecule has 0 aliphatic heterocycles. The van der Waals surface area contributed by atoms with Crippen LogP contribution >= 0.6 is 81.9 Å². The summed E-state index contributed by atoms with van der Waals surface area (Å²) < 4.78 is 17.2. The smallest absolute Gasteiger partial charge is 0.365 e. The van der Waals surface area contributed by atoms with Gasteiger partial charge in [-0.3, -0.25) is 9.59 Å². The molecule has 14 heteroatoms. The molecule has 0 N–H and O–H groups in total. The Morgan fingerprint density at radius 2 is 1.08 bits per heavy atom. The summed E-state index contributed by atoms with van der Waals surface area (Å²) in [6.45, 7) is 10.0. The van der Waals surface area contributed by atoms with E-state index in [4.69, 9.17) is 13.3 Å². The van der Waals surface area contributed by atoms with Gasteiger partial charge in [-0.05, 0) is 98.3 Å². The van der Waals surface area contributed by atoms with Crippen LogP contribution in [0.3, 0.4) is 0 Å². The molecule has 0 bridgehead atoms. The maximum absolute atomic E-state index is 11.8. The van der Waals surface area contributed by atoms with Crippen LogP contribution in [-0.2, 0) is 13.3 Å². The average Bonchev–Trinajstić information content (AvgIpc) is 2.92. The molecule has 0 spiro atoms. The fourth-order valence-corrected chi connectivity index (χ4v) is 21.2. The quantitative estimate of drug-likeness (QED) is 0.0911. The highest BCUT2D eigenvalue weighted by Crippen LogP contribution is 2.48. The molecule has 2 aromatic carbocycles. The monoisotopic (exact) mass is 672 g/mol. The van der Waals surface area contributed by atoms with Gasteiger partial charge >= 0.3 is 7.95 Å². The molecule has 5 nitrogen and oxygen atoms in total. The fraction of sp³-hybridized carbons (Fsp3) is 0.391. The number of benzene rings is 2. The highest BCUT2D eigenvalue weighted by Gasteiger charge is 2.43. The molecule has 206 valence electrons. The first kappa shape index (κ1) is 35.7. The lowest BCUT2D eigenvalue weighted by atomic mass is 10.2. The first-order chi connectivity index (χ1) is 18.0. The molecule has 0 unspecified atom stereocenters. The maximum Gasteiger partial charge on any atom is 0.585 e. The second-order valence-electron chi connectivity index (χ2n) is 6.45. The summed E-state index contributed by atoms with van der Waals surface area (Å²) in [4.78, 5) is 23.6. The van der Waals surface area contributed by atoms with E-state index in [1.807, 2.05) is 68.0 Å². The highest BCUT2D eigenvalue weighted by atomic mass is 33.7. The maximum atomic E-state index is 11.8. The van der Waals surface area contributed by atoms with Crippen LogP contribution in [0.4, 0.5) is 0 Å². The van der Waals surface area contributed by atoms with Crippen LogP contribution in [0.25, 0.3) is 0 Å². The van der Waals surface area contributed by atoms with Gasteiger partial charge in [0, 0.05) is 36.7 Å². The van der Waals surface area contributed by atoms with Crippen LogP contribution in [-0.4, -0.2) is 43.8 Å². The van der Waals surface area contributed by atoms with Crippen molar-refractivity contribution in [3.05, 3.63) is 71.8 Å². The second kappa shape index (κ2) is 23.4. The van der Waals surface area contributed by atoms with Gasteiger partial charge in [0.15, 0.2) is 0 Å². The summed E-state index contributed by atoms with van der Waals surface area (Å²) >= 11 is 0. The Kier molecular flexibility index (Phi) is 22.6. The summed E-state index contributed by atoms with van der Waals surface area (Å²) in [6, 6.07) is 18.2. The van der Waals surface area contributed by atoms with E-state index in [1.165, 1.54) is 31.8 Å². The van der Waals surface area contributed by atoms with Gasteiger partial charge in [0.2, 0.25) is 10.2 Å². The van der Waals surface area contributed by atoms with Crippen LogP contribution < -0.4 is 0 Å². The molecule has 0 aliphatic rings. The molecule has 0 aromatic heterocycles. The third-order valence-corrected chi connectivity index (χ3v) is 22.3. The van der Waals surface area contributed by atoms with E-state index in [0.717, 1.165) is 21.6 Å². The Morgan fingerprint density at radius 3 is 1.46 bits per heavy atom. The summed E-state index contributed by atoms with van der Waals surface area (Å²) in [5.41, 5.74) is 1.34. The lowest BCUT2D eigenvalue weighted by molar-refractivity contribution is 0.0970. The lowest BCUT2D eigenvalue weighted by Gasteiger charge is -2.25. The third kappa shape index (κ3) is 16.5. The Bertz CT molecular complexity index is 796. The molecule has 0 radical (unpaired) electrons. The van der Waals surface area contributed by atoms with Crippen LogP contribution in [0.2, 0.25) is 0 Å². The van der Waals surface area contributed by atoms with Gasteiger partial charge in [-0.15, -0.1) is 0 Å². The van der Waals surface area contributed by atoms with Gasteiger partial charge in [-0.2, -0.15) is 0 Å². The second-order valence-corrected chi connectivity index (χ2v) is 22.5. The average molecular weight is 673 g/mol. The van der Waals surface area contributed by atoms with Gasteiger partial charge in [-0.25, -0.2) is 0 Å². The van der Waals surface area contributed by atoms with E-state index in [1.54, 1.807) is 54.2 Å². The highest BCUT2D eigenvalue weighted by molar-refractivity contribution is 9.29. The fourth-order valence-electron chi connectivity index (χ4n) is 2.25. The van der Waals surface area contributed by atoms with Gasteiger partial charge in [0.1, 0.15) is 0 Å². The molecule has 0 atom stereocenters. The summed E-state index contributed by atoms with van der Waals surface area (Å²) in [5, 5.41) is -0.00767. The van der Waals surface area contributed by atoms with Crippen molar-refractivity contribution in [3.63, 3.8) is 0 Å². The van der Waals surface area contributed by atoms with Crippen LogP contribution in [0.1, 0.15) is 54.8 Å². The normalized spacial score (nSPS) is 11.0. The molecule has 0 saturated heterocycles. The van der Waals surface area contributed by atoms with Gasteiger partial charge < -0.3 is 13.3 Å². The van der Waals surface area contributed by atoms with Crippen molar-refractivity contribution >= 4 is 100 Å².